The Hall–Kier alpha value is -0.110. The molecule has 0 amide bonds. The van der Waals surface area contributed by atoms with E-state index in [4.69, 9.17) is 16.3 Å². The normalized spacial score (nSPS) is 21.7. The van der Waals surface area contributed by atoms with Crippen molar-refractivity contribution in [2.24, 2.45) is 0 Å². The standard InChI is InChI=1S/C11H13Br2ClN4O/c1-17-6-11(12,13)8-7(17)9(16-10(14)15-8)18-2-4-19-5-3-18/h2-6H2,1H3. The van der Waals surface area contributed by atoms with E-state index in [-0.39, 0.29) is 8.52 Å². The van der Waals surface area contributed by atoms with Gasteiger partial charge in [0.1, 0.15) is 14.6 Å². The van der Waals surface area contributed by atoms with E-state index in [1.54, 1.807) is 0 Å². The number of rotatable bonds is 1. The molecule has 0 atom stereocenters. The van der Waals surface area contributed by atoms with Crippen LogP contribution in [0.5, 0.6) is 0 Å². The quantitative estimate of drug-likeness (QED) is 0.523. The van der Waals surface area contributed by atoms with Crippen LogP contribution < -0.4 is 9.80 Å². The molecule has 3 rings (SSSR count). The third-order valence-corrected chi connectivity index (χ3v) is 4.73. The zero-order valence-electron chi connectivity index (χ0n) is 10.4. The molecule has 0 saturated carbocycles. The van der Waals surface area contributed by atoms with Crippen molar-refractivity contribution < 1.29 is 4.74 Å². The van der Waals surface area contributed by atoms with Gasteiger partial charge in [-0.05, 0) is 11.6 Å². The summed E-state index contributed by atoms with van der Waals surface area (Å²) in [5, 5.41) is 0.277. The molecule has 0 unspecified atom stereocenters. The second kappa shape index (κ2) is 5.02. The fraction of sp³-hybridized carbons (Fsp3) is 0.636. The molecule has 19 heavy (non-hydrogen) atoms. The molecule has 5 nitrogen and oxygen atoms in total. The highest BCUT2D eigenvalue weighted by atomic mass is 79.9. The van der Waals surface area contributed by atoms with Gasteiger partial charge in [0.15, 0.2) is 5.82 Å². The van der Waals surface area contributed by atoms with E-state index in [0.717, 1.165) is 36.8 Å². The topological polar surface area (TPSA) is 41.5 Å². The van der Waals surface area contributed by atoms with E-state index >= 15 is 0 Å². The van der Waals surface area contributed by atoms with E-state index < -0.39 is 0 Å². The number of alkyl halides is 2. The van der Waals surface area contributed by atoms with Crippen LogP contribution in [0.1, 0.15) is 5.69 Å². The van der Waals surface area contributed by atoms with Gasteiger partial charge in [-0.2, -0.15) is 4.98 Å². The fourth-order valence-electron chi connectivity index (χ4n) is 2.47. The van der Waals surface area contributed by atoms with Gasteiger partial charge in [-0.1, -0.05) is 31.9 Å². The molecular weight excluding hydrogens is 399 g/mol. The highest BCUT2D eigenvalue weighted by Crippen LogP contribution is 2.51. The largest absolute Gasteiger partial charge is 0.378 e. The van der Waals surface area contributed by atoms with Crippen LogP contribution in [-0.4, -0.2) is 49.9 Å². The number of hydrogen-bond donors (Lipinski definition) is 0. The molecule has 0 aromatic carbocycles. The molecule has 2 aliphatic rings. The Labute approximate surface area is 133 Å². The number of anilines is 2. The minimum atomic E-state index is -0.363. The molecule has 1 saturated heterocycles. The van der Waals surface area contributed by atoms with Crippen molar-refractivity contribution in [1.82, 2.24) is 9.97 Å². The van der Waals surface area contributed by atoms with Gasteiger partial charge in [0.25, 0.3) is 0 Å². The first-order chi connectivity index (χ1) is 8.99. The zero-order chi connectivity index (χ0) is 13.6. The van der Waals surface area contributed by atoms with Crippen LogP contribution in [0, 0.1) is 0 Å². The van der Waals surface area contributed by atoms with Crippen molar-refractivity contribution in [2.45, 2.75) is 3.23 Å². The molecule has 0 N–H and O–H groups in total. The summed E-state index contributed by atoms with van der Waals surface area (Å²) in [6.07, 6.45) is 0. The van der Waals surface area contributed by atoms with Crippen LogP contribution in [0.15, 0.2) is 0 Å². The van der Waals surface area contributed by atoms with Crippen LogP contribution in [0.3, 0.4) is 0 Å². The molecular formula is C11H13Br2ClN4O. The first kappa shape index (κ1) is 13.9. The SMILES string of the molecule is CN1CC(Br)(Br)c2nc(Cl)nc(N3CCOCC3)c21. The van der Waals surface area contributed by atoms with E-state index in [9.17, 15) is 0 Å². The lowest BCUT2D eigenvalue weighted by molar-refractivity contribution is 0.122. The Morgan fingerprint density at radius 2 is 1.95 bits per heavy atom. The second-order valence-corrected chi connectivity index (χ2v) is 8.78. The summed E-state index contributed by atoms with van der Waals surface area (Å²) < 4.78 is 5.03. The predicted octanol–water partition coefficient (Wildman–Crippen LogP) is 2.36. The summed E-state index contributed by atoms with van der Waals surface area (Å²) in [4.78, 5) is 13.1. The van der Waals surface area contributed by atoms with Gasteiger partial charge < -0.3 is 14.5 Å². The van der Waals surface area contributed by atoms with Gasteiger partial charge in [0, 0.05) is 26.7 Å². The second-order valence-electron chi connectivity index (χ2n) is 4.67. The minimum Gasteiger partial charge on any atom is -0.378 e. The highest BCUT2D eigenvalue weighted by molar-refractivity contribution is 9.24. The van der Waals surface area contributed by atoms with Crippen molar-refractivity contribution in [1.29, 1.82) is 0 Å². The first-order valence-corrected chi connectivity index (χ1v) is 7.95. The van der Waals surface area contributed by atoms with Crippen LogP contribution in [0.4, 0.5) is 11.5 Å². The van der Waals surface area contributed by atoms with Gasteiger partial charge in [-0.25, -0.2) is 4.98 Å². The third-order valence-electron chi connectivity index (χ3n) is 3.31. The number of halogens is 3. The molecule has 1 aromatic rings. The molecule has 0 radical (unpaired) electrons. The van der Waals surface area contributed by atoms with E-state index in [2.05, 4.69) is 51.6 Å². The van der Waals surface area contributed by atoms with E-state index in [1.165, 1.54) is 0 Å². The summed E-state index contributed by atoms with van der Waals surface area (Å²) in [5.74, 6) is 0.890. The zero-order valence-corrected chi connectivity index (χ0v) is 14.3. The third kappa shape index (κ3) is 2.46. The summed E-state index contributed by atoms with van der Waals surface area (Å²) in [6, 6.07) is 0. The molecule has 3 heterocycles. The van der Waals surface area contributed by atoms with Crippen molar-refractivity contribution >= 4 is 55.0 Å². The number of ether oxygens (including phenoxy) is 1. The Morgan fingerprint density at radius 1 is 1.26 bits per heavy atom. The number of hydrogen-bond acceptors (Lipinski definition) is 5. The summed E-state index contributed by atoms with van der Waals surface area (Å²) in [5.41, 5.74) is 1.91. The maximum atomic E-state index is 6.08. The molecule has 0 aliphatic carbocycles. The number of nitrogens with zero attached hydrogens (tertiary/aromatic N) is 4. The average Bonchev–Trinajstić information content (AvgIpc) is 2.60. The fourth-order valence-corrected chi connectivity index (χ4v) is 3.94. The first-order valence-electron chi connectivity index (χ1n) is 5.99. The molecule has 2 aliphatic heterocycles. The molecule has 104 valence electrons. The lowest BCUT2D eigenvalue weighted by Gasteiger charge is -2.30. The summed E-state index contributed by atoms with van der Waals surface area (Å²) >= 11 is 13.4. The van der Waals surface area contributed by atoms with Crippen molar-refractivity contribution in [3.8, 4) is 0 Å². The summed E-state index contributed by atoms with van der Waals surface area (Å²) in [6.45, 7) is 3.85. The monoisotopic (exact) mass is 410 g/mol. The van der Waals surface area contributed by atoms with Crippen molar-refractivity contribution in [2.75, 3.05) is 49.7 Å². The van der Waals surface area contributed by atoms with Crippen LogP contribution in [-0.2, 0) is 7.97 Å². The van der Waals surface area contributed by atoms with Crippen LogP contribution in [0.25, 0.3) is 0 Å². The van der Waals surface area contributed by atoms with Gasteiger partial charge >= 0.3 is 0 Å². The van der Waals surface area contributed by atoms with Crippen molar-refractivity contribution in [3.63, 3.8) is 0 Å². The number of aromatic nitrogens is 2. The Bertz CT molecular complexity index is 508. The molecule has 8 heteroatoms. The maximum absolute atomic E-state index is 6.08. The smallest absolute Gasteiger partial charge is 0.224 e. The Balaban J connectivity index is 2.10. The van der Waals surface area contributed by atoms with E-state index in [1.807, 2.05) is 7.05 Å². The maximum Gasteiger partial charge on any atom is 0.224 e. The Morgan fingerprint density at radius 3 is 2.63 bits per heavy atom. The number of fused-ring (bicyclic) bond motifs is 1. The van der Waals surface area contributed by atoms with Gasteiger partial charge in [0.05, 0.1) is 13.2 Å². The molecule has 0 spiro atoms. The number of likely N-dealkylation sites (N-methyl/N-ethyl adjacent to an activating group) is 1. The minimum absolute atomic E-state index is 0.277. The molecule has 0 bridgehead atoms. The van der Waals surface area contributed by atoms with Crippen LogP contribution >= 0.6 is 43.5 Å². The molecule has 1 fully saturated rings. The van der Waals surface area contributed by atoms with Crippen LogP contribution in [0.2, 0.25) is 5.28 Å². The lowest BCUT2D eigenvalue weighted by Crippen LogP contribution is -2.37. The van der Waals surface area contributed by atoms with Crippen molar-refractivity contribution in [3.05, 3.63) is 11.0 Å². The highest BCUT2D eigenvalue weighted by Gasteiger charge is 2.42. The predicted molar refractivity (Wildman–Crippen MR) is 82.9 cm³/mol. The van der Waals surface area contributed by atoms with Gasteiger partial charge in [-0.3, -0.25) is 0 Å². The summed E-state index contributed by atoms with van der Waals surface area (Å²) in [7, 11) is 2.03. The lowest BCUT2D eigenvalue weighted by atomic mass is 10.3. The van der Waals surface area contributed by atoms with Gasteiger partial charge in [0.2, 0.25) is 5.28 Å². The van der Waals surface area contributed by atoms with E-state index in [0.29, 0.717) is 13.2 Å². The molecule has 1 aromatic heterocycles. The Kier molecular flexibility index (Phi) is 3.66. The average molecular weight is 413 g/mol. The van der Waals surface area contributed by atoms with Gasteiger partial charge in [-0.15, -0.1) is 0 Å². The number of morpholine rings is 1.